The molecule has 0 amide bonds. The average molecular weight is 716 g/mol. The first-order valence-electron chi connectivity index (χ1n) is 18.2. The molecule has 0 aliphatic heterocycles. The number of Topliss-reactive ketones (excluding diaryl/α,β-unsaturated/α-hetero) is 5. The number of hydrogen-bond donors (Lipinski definition) is 1. The quantitative estimate of drug-likeness (QED) is 0.0596. The second-order valence-electron chi connectivity index (χ2n) is 15.5. The maximum Gasteiger partial charge on any atom is 0.166 e. The summed E-state index contributed by atoms with van der Waals surface area (Å²) in [6, 6.07) is 0. The Bertz CT molecular complexity index is 1180. The zero-order valence-corrected chi connectivity index (χ0v) is 32.7. The van der Waals surface area contributed by atoms with E-state index in [0.29, 0.717) is 103 Å². The van der Waals surface area contributed by atoms with E-state index in [1.54, 1.807) is 0 Å². The van der Waals surface area contributed by atoms with Crippen molar-refractivity contribution in [2.45, 2.75) is 107 Å². The topological polar surface area (TPSA) is 148 Å². The van der Waals surface area contributed by atoms with Crippen LogP contribution < -0.4 is 5.73 Å². The van der Waals surface area contributed by atoms with Crippen molar-refractivity contribution < 1.29 is 42.9 Å². The number of rotatable bonds is 19. The first-order chi connectivity index (χ1) is 23.9. The van der Waals surface area contributed by atoms with Crippen LogP contribution in [0.1, 0.15) is 107 Å². The number of ether oxygens (including phenoxy) is 4. The van der Waals surface area contributed by atoms with Crippen LogP contribution >= 0.6 is 0 Å². The van der Waals surface area contributed by atoms with E-state index in [0.717, 1.165) is 24.8 Å². The lowest BCUT2D eigenvalue weighted by molar-refractivity contribution is -0.145. The van der Waals surface area contributed by atoms with Gasteiger partial charge in [-0.3, -0.25) is 24.0 Å². The molecule has 0 aromatic heterocycles. The Hall–Kier alpha value is -2.99. The van der Waals surface area contributed by atoms with Gasteiger partial charge in [0.15, 0.2) is 28.9 Å². The minimum Gasteiger partial charge on any atom is -0.379 e. The first kappa shape index (κ1) is 48.0. The van der Waals surface area contributed by atoms with Gasteiger partial charge in [-0.2, -0.15) is 0 Å². The van der Waals surface area contributed by atoms with Gasteiger partial charge >= 0.3 is 0 Å². The Morgan fingerprint density at radius 3 is 1.57 bits per heavy atom. The molecule has 2 saturated carbocycles. The predicted molar refractivity (Wildman–Crippen MR) is 200 cm³/mol. The van der Waals surface area contributed by atoms with Crippen molar-refractivity contribution in [2.24, 2.45) is 34.3 Å². The second kappa shape index (κ2) is 25.9. The van der Waals surface area contributed by atoms with E-state index in [2.05, 4.69) is 25.7 Å². The fourth-order valence-electron chi connectivity index (χ4n) is 5.92. The van der Waals surface area contributed by atoms with Crippen LogP contribution in [0.2, 0.25) is 0 Å². The van der Waals surface area contributed by atoms with Crippen LogP contribution in [0.25, 0.3) is 0 Å². The monoisotopic (exact) mass is 715 g/mol. The molecule has 0 aromatic carbocycles. The lowest BCUT2D eigenvalue weighted by atomic mass is 9.70. The Balaban J connectivity index is 0.000000819. The van der Waals surface area contributed by atoms with Crippen molar-refractivity contribution in [1.82, 2.24) is 0 Å². The van der Waals surface area contributed by atoms with E-state index in [1.807, 2.05) is 41.5 Å². The summed E-state index contributed by atoms with van der Waals surface area (Å²) < 4.78 is 20.6. The van der Waals surface area contributed by atoms with Crippen LogP contribution in [0, 0.1) is 53.3 Å². The fourth-order valence-corrected chi connectivity index (χ4v) is 5.92. The van der Waals surface area contributed by atoms with Crippen LogP contribution in [-0.4, -0.2) is 88.3 Å². The summed E-state index contributed by atoms with van der Waals surface area (Å²) in [5.41, 5.74) is 6.16. The summed E-state index contributed by atoms with van der Waals surface area (Å²) in [5.74, 6) is 3.87. The number of nitrogens with two attached hydrogens (primary N) is 1. The first-order valence-corrected chi connectivity index (χ1v) is 18.2. The van der Waals surface area contributed by atoms with E-state index < -0.39 is 5.92 Å². The molecule has 288 valence electrons. The van der Waals surface area contributed by atoms with Crippen LogP contribution in [0.15, 0.2) is 11.1 Å². The number of carbonyl (C=O) groups excluding carboxylic acids is 5. The van der Waals surface area contributed by atoms with E-state index in [-0.39, 0.29) is 45.7 Å². The van der Waals surface area contributed by atoms with Gasteiger partial charge in [0.05, 0.1) is 38.6 Å². The maximum atomic E-state index is 12.5. The van der Waals surface area contributed by atoms with Crippen LogP contribution in [-0.2, 0) is 42.9 Å². The van der Waals surface area contributed by atoms with Gasteiger partial charge in [-0.25, -0.2) is 0 Å². The smallest absolute Gasteiger partial charge is 0.166 e. The van der Waals surface area contributed by atoms with Crippen molar-refractivity contribution in [3.63, 3.8) is 0 Å². The molecule has 0 saturated heterocycles. The van der Waals surface area contributed by atoms with Gasteiger partial charge < -0.3 is 24.7 Å². The largest absolute Gasteiger partial charge is 0.379 e. The van der Waals surface area contributed by atoms with Gasteiger partial charge in [-0.05, 0) is 41.9 Å². The summed E-state index contributed by atoms with van der Waals surface area (Å²) >= 11 is 0. The number of carbonyl (C=O) groups is 5. The molecule has 0 spiro atoms. The van der Waals surface area contributed by atoms with Gasteiger partial charge in [0, 0.05) is 45.3 Å². The summed E-state index contributed by atoms with van der Waals surface area (Å²) in [6.07, 6.45) is 14.3. The summed E-state index contributed by atoms with van der Waals surface area (Å²) in [6.45, 7) is 20.3. The molecule has 2 aliphatic carbocycles. The third-order valence-electron chi connectivity index (χ3n) is 7.87. The van der Waals surface area contributed by atoms with E-state index >= 15 is 0 Å². The number of ketones is 5. The van der Waals surface area contributed by atoms with E-state index in [1.165, 1.54) is 0 Å². The molecule has 0 unspecified atom stereocenters. The number of terminal acetylenes is 2. The maximum absolute atomic E-state index is 12.5. The molecule has 2 aliphatic rings. The third kappa shape index (κ3) is 21.9. The molecule has 10 heteroatoms. The normalized spacial score (nSPS) is 16.9. The van der Waals surface area contributed by atoms with E-state index in [4.69, 9.17) is 37.5 Å². The average Bonchev–Trinajstić information content (AvgIpc) is 2.98. The van der Waals surface area contributed by atoms with Crippen LogP contribution in [0.4, 0.5) is 0 Å². The zero-order chi connectivity index (χ0) is 39.0. The van der Waals surface area contributed by atoms with Crippen molar-refractivity contribution in [2.75, 3.05) is 59.4 Å². The Labute approximate surface area is 307 Å². The molecular formula is C41H65NO9. The summed E-state index contributed by atoms with van der Waals surface area (Å²) in [5, 5.41) is 0. The molecule has 0 aromatic rings. The zero-order valence-electron chi connectivity index (χ0n) is 32.7. The van der Waals surface area contributed by atoms with Gasteiger partial charge in [0.25, 0.3) is 0 Å². The van der Waals surface area contributed by atoms with Gasteiger partial charge in [0.2, 0.25) is 0 Å². The Kier molecular flexibility index (Phi) is 24.4. The molecule has 0 heterocycles. The fraction of sp³-hybridized carbons (Fsp3) is 0.732. The van der Waals surface area contributed by atoms with Crippen molar-refractivity contribution in [1.29, 1.82) is 0 Å². The van der Waals surface area contributed by atoms with Crippen LogP contribution in [0.3, 0.4) is 0 Å². The lowest BCUT2D eigenvalue weighted by Gasteiger charge is -2.31. The molecule has 0 bridgehead atoms. The van der Waals surface area contributed by atoms with Gasteiger partial charge in [0.1, 0.15) is 19.1 Å². The van der Waals surface area contributed by atoms with E-state index in [9.17, 15) is 24.0 Å². The van der Waals surface area contributed by atoms with Crippen molar-refractivity contribution in [3.8, 4) is 24.7 Å². The van der Waals surface area contributed by atoms with Crippen molar-refractivity contribution >= 4 is 28.9 Å². The molecule has 0 radical (unpaired) electrons. The SMILES string of the molecule is C#CCOCCOCCCC(CC(C)C)=C1C(=O)CC(C)(C)CC1=O.C#CCOCCOCCN.CC(C)CC(=O)C1C(=O)CC(C)(C)CC1=O. The highest BCUT2D eigenvalue weighted by Gasteiger charge is 2.43. The minimum atomic E-state index is -0.963. The molecule has 51 heavy (non-hydrogen) atoms. The number of allylic oxidation sites excluding steroid dienone is 2. The highest BCUT2D eigenvalue weighted by molar-refractivity contribution is 6.23. The molecule has 2 N–H and O–H groups in total. The van der Waals surface area contributed by atoms with Crippen molar-refractivity contribution in [3.05, 3.63) is 11.1 Å². The number of hydrogen-bond acceptors (Lipinski definition) is 10. The van der Waals surface area contributed by atoms with Crippen LogP contribution in [0.5, 0.6) is 0 Å². The Morgan fingerprint density at radius 2 is 1.14 bits per heavy atom. The molecule has 0 atom stereocenters. The summed E-state index contributed by atoms with van der Waals surface area (Å²) in [4.78, 5) is 60.5. The Morgan fingerprint density at radius 1 is 0.706 bits per heavy atom. The highest BCUT2D eigenvalue weighted by Crippen LogP contribution is 2.37. The van der Waals surface area contributed by atoms with Gasteiger partial charge in [-0.15, -0.1) is 12.8 Å². The van der Waals surface area contributed by atoms with Gasteiger partial charge in [-0.1, -0.05) is 72.8 Å². The highest BCUT2D eigenvalue weighted by atomic mass is 16.5. The summed E-state index contributed by atoms with van der Waals surface area (Å²) in [7, 11) is 0. The molecule has 2 rings (SSSR count). The second-order valence-corrected chi connectivity index (χ2v) is 15.5. The lowest BCUT2D eigenvalue weighted by Crippen LogP contribution is -2.42. The molecule has 10 nitrogen and oxygen atoms in total. The molecular weight excluding hydrogens is 650 g/mol. The molecule has 2 fully saturated rings. The predicted octanol–water partition coefficient (Wildman–Crippen LogP) is 5.52. The third-order valence-corrected chi connectivity index (χ3v) is 7.87. The minimum absolute atomic E-state index is 0.0144. The standard InChI is InChI=1S/C21H32O4.C13H20O3.C7H13NO2/c1-6-9-24-11-12-25-10-7-8-17(13-16(2)3)20-18(22)14-21(4,5)15-19(20)23;1-8(2)5-9(14)12-10(15)6-13(3,4)7-11(12)16;1-2-4-9-6-7-10-5-3-8/h1,16H,7-15H2,2-5H3;8,12H,5-7H2,1-4H3;1H,3-8H2.